The highest BCUT2D eigenvalue weighted by Gasteiger charge is 2.18. The smallest absolute Gasteiger partial charge is 0.122 e. The molecule has 1 saturated heterocycles. The fraction of sp³-hybridized carbons (Fsp3) is 0.538. The van der Waals surface area contributed by atoms with Gasteiger partial charge in [-0.05, 0) is 38.4 Å². The fourth-order valence-corrected chi connectivity index (χ4v) is 1.97. The summed E-state index contributed by atoms with van der Waals surface area (Å²) in [5.74, 6) is 1.05. The molecule has 0 amide bonds. The predicted molar refractivity (Wildman–Crippen MR) is 62.3 cm³/mol. The molecule has 2 heteroatoms. The van der Waals surface area contributed by atoms with Gasteiger partial charge in [-0.1, -0.05) is 18.2 Å². The molecule has 82 valence electrons. The number of aryl methyl sites for hydroxylation is 1. The van der Waals surface area contributed by atoms with Gasteiger partial charge in [-0.25, -0.2) is 0 Å². The predicted octanol–water partition coefficient (Wildman–Crippen LogP) is 2.47. The van der Waals surface area contributed by atoms with Gasteiger partial charge in [0.25, 0.3) is 0 Å². The monoisotopic (exact) mass is 205 g/mol. The third-order valence-corrected chi connectivity index (χ3v) is 3.05. The van der Waals surface area contributed by atoms with Crippen molar-refractivity contribution in [1.82, 2.24) is 4.90 Å². The summed E-state index contributed by atoms with van der Waals surface area (Å²) in [6.45, 7) is 4.40. The lowest BCUT2D eigenvalue weighted by Gasteiger charge is -2.29. The maximum Gasteiger partial charge on any atom is 0.122 e. The third kappa shape index (κ3) is 2.72. The Labute approximate surface area is 91.9 Å². The van der Waals surface area contributed by atoms with Crippen LogP contribution in [0.25, 0.3) is 0 Å². The molecule has 1 aliphatic rings. The highest BCUT2D eigenvalue weighted by atomic mass is 16.5. The summed E-state index contributed by atoms with van der Waals surface area (Å²) in [6, 6.07) is 8.26. The number of likely N-dealkylation sites (tertiary alicyclic amines) is 1. The second kappa shape index (κ2) is 4.67. The normalized spacial score (nSPS) is 19.1. The topological polar surface area (TPSA) is 12.5 Å². The van der Waals surface area contributed by atoms with E-state index >= 15 is 0 Å². The van der Waals surface area contributed by atoms with Crippen LogP contribution in [0.3, 0.4) is 0 Å². The van der Waals surface area contributed by atoms with E-state index in [1.807, 2.05) is 6.07 Å². The van der Waals surface area contributed by atoms with Gasteiger partial charge in [-0.2, -0.15) is 0 Å². The first kappa shape index (κ1) is 10.5. The molecule has 2 rings (SSSR count). The Morgan fingerprint density at radius 2 is 1.87 bits per heavy atom. The van der Waals surface area contributed by atoms with Gasteiger partial charge in [-0.3, -0.25) is 0 Å². The van der Waals surface area contributed by atoms with E-state index in [1.165, 1.54) is 5.56 Å². The van der Waals surface area contributed by atoms with Crippen molar-refractivity contribution in [3.8, 4) is 5.75 Å². The second-order valence-electron chi connectivity index (χ2n) is 4.39. The van der Waals surface area contributed by atoms with Crippen molar-refractivity contribution in [2.75, 3.05) is 20.1 Å². The van der Waals surface area contributed by atoms with Gasteiger partial charge in [-0.15, -0.1) is 0 Å². The van der Waals surface area contributed by atoms with E-state index < -0.39 is 0 Å². The third-order valence-electron chi connectivity index (χ3n) is 3.05. The summed E-state index contributed by atoms with van der Waals surface area (Å²) in [4.78, 5) is 2.36. The summed E-state index contributed by atoms with van der Waals surface area (Å²) in [5.41, 5.74) is 1.23. The number of nitrogens with zero attached hydrogens (tertiary/aromatic N) is 1. The largest absolute Gasteiger partial charge is 0.490 e. The van der Waals surface area contributed by atoms with E-state index in [1.54, 1.807) is 0 Å². The maximum absolute atomic E-state index is 6.01. The quantitative estimate of drug-likeness (QED) is 0.735. The molecule has 0 spiro atoms. The van der Waals surface area contributed by atoms with Crippen LogP contribution in [-0.2, 0) is 0 Å². The van der Waals surface area contributed by atoms with Crippen LogP contribution in [0, 0.1) is 6.92 Å². The SMILES string of the molecule is Cc1ccccc1OC1CCN(C)CC1. The van der Waals surface area contributed by atoms with Crippen molar-refractivity contribution >= 4 is 0 Å². The van der Waals surface area contributed by atoms with Gasteiger partial charge in [0, 0.05) is 13.1 Å². The van der Waals surface area contributed by atoms with Crippen molar-refractivity contribution < 1.29 is 4.74 Å². The van der Waals surface area contributed by atoms with Crippen molar-refractivity contribution in [3.63, 3.8) is 0 Å². The summed E-state index contributed by atoms with van der Waals surface area (Å²) in [7, 11) is 2.17. The van der Waals surface area contributed by atoms with Crippen LogP contribution in [0.5, 0.6) is 5.75 Å². The Morgan fingerprint density at radius 1 is 1.20 bits per heavy atom. The summed E-state index contributed by atoms with van der Waals surface area (Å²) in [6.07, 6.45) is 2.69. The molecule has 0 unspecified atom stereocenters. The molecule has 0 aromatic heterocycles. The lowest BCUT2D eigenvalue weighted by atomic mass is 10.1. The summed E-state index contributed by atoms with van der Waals surface area (Å²) in [5, 5.41) is 0. The molecule has 15 heavy (non-hydrogen) atoms. The highest BCUT2D eigenvalue weighted by Crippen LogP contribution is 2.21. The Bertz CT molecular complexity index is 316. The first-order chi connectivity index (χ1) is 7.25. The summed E-state index contributed by atoms with van der Waals surface area (Å²) >= 11 is 0. The second-order valence-corrected chi connectivity index (χ2v) is 4.39. The fourth-order valence-electron chi connectivity index (χ4n) is 1.97. The van der Waals surface area contributed by atoms with Crippen molar-refractivity contribution in [2.24, 2.45) is 0 Å². The Balaban J connectivity index is 1.95. The molecule has 1 aromatic carbocycles. The number of hydrogen-bond donors (Lipinski definition) is 0. The standard InChI is InChI=1S/C13H19NO/c1-11-5-3-4-6-13(11)15-12-7-9-14(2)10-8-12/h3-6,12H,7-10H2,1-2H3. The lowest BCUT2D eigenvalue weighted by Crippen LogP contribution is -2.35. The van der Waals surface area contributed by atoms with E-state index in [2.05, 4.69) is 37.1 Å². The van der Waals surface area contributed by atoms with E-state index in [0.717, 1.165) is 31.7 Å². The molecule has 0 aliphatic carbocycles. The molecular formula is C13H19NO. The Kier molecular flexibility index (Phi) is 3.27. The van der Waals surface area contributed by atoms with Gasteiger partial charge >= 0.3 is 0 Å². The van der Waals surface area contributed by atoms with E-state index in [9.17, 15) is 0 Å². The minimum Gasteiger partial charge on any atom is -0.490 e. The molecule has 1 heterocycles. The zero-order valence-corrected chi connectivity index (χ0v) is 9.57. The number of rotatable bonds is 2. The van der Waals surface area contributed by atoms with Crippen molar-refractivity contribution in [3.05, 3.63) is 29.8 Å². The number of ether oxygens (including phenoxy) is 1. The van der Waals surface area contributed by atoms with E-state index in [-0.39, 0.29) is 0 Å². The molecule has 1 aromatic rings. The van der Waals surface area contributed by atoms with E-state index in [0.29, 0.717) is 6.10 Å². The average molecular weight is 205 g/mol. The highest BCUT2D eigenvalue weighted by molar-refractivity contribution is 5.31. The van der Waals surface area contributed by atoms with Crippen LogP contribution in [-0.4, -0.2) is 31.1 Å². The first-order valence-electron chi connectivity index (χ1n) is 5.66. The summed E-state index contributed by atoms with van der Waals surface area (Å²) < 4.78 is 6.01. The average Bonchev–Trinajstić information content (AvgIpc) is 2.25. The minimum absolute atomic E-state index is 0.405. The van der Waals surface area contributed by atoms with Gasteiger partial charge in [0.05, 0.1) is 0 Å². The zero-order valence-electron chi connectivity index (χ0n) is 9.57. The molecule has 0 atom stereocenters. The van der Waals surface area contributed by atoms with Crippen LogP contribution in [0.15, 0.2) is 24.3 Å². The Morgan fingerprint density at radius 3 is 2.53 bits per heavy atom. The number of piperidine rings is 1. The minimum atomic E-state index is 0.405. The number of hydrogen-bond acceptors (Lipinski definition) is 2. The van der Waals surface area contributed by atoms with Crippen LogP contribution < -0.4 is 4.74 Å². The molecule has 0 saturated carbocycles. The lowest BCUT2D eigenvalue weighted by molar-refractivity contribution is 0.113. The first-order valence-corrected chi connectivity index (χ1v) is 5.66. The molecule has 2 nitrogen and oxygen atoms in total. The van der Waals surface area contributed by atoms with Crippen molar-refractivity contribution in [2.45, 2.75) is 25.9 Å². The number of benzene rings is 1. The molecule has 1 fully saturated rings. The molecular weight excluding hydrogens is 186 g/mol. The van der Waals surface area contributed by atoms with Crippen LogP contribution in [0.4, 0.5) is 0 Å². The molecule has 0 radical (unpaired) electrons. The van der Waals surface area contributed by atoms with Gasteiger partial charge < -0.3 is 9.64 Å². The number of para-hydroxylation sites is 1. The van der Waals surface area contributed by atoms with E-state index in [4.69, 9.17) is 4.74 Å². The van der Waals surface area contributed by atoms with Crippen LogP contribution >= 0.6 is 0 Å². The van der Waals surface area contributed by atoms with Crippen molar-refractivity contribution in [1.29, 1.82) is 0 Å². The zero-order chi connectivity index (χ0) is 10.7. The van der Waals surface area contributed by atoms with Crippen LogP contribution in [0.2, 0.25) is 0 Å². The van der Waals surface area contributed by atoms with Gasteiger partial charge in [0.15, 0.2) is 0 Å². The molecule has 0 bridgehead atoms. The van der Waals surface area contributed by atoms with Gasteiger partial charge in [0.2, 0.25) is 0 Å². The molecule has 0 N–H and O–H groups in total. The van der Waals surface area contributed by atoms with Gasteiger partial charge in [0.1, 0.15) is 11.9 Å². The van der Waals surface area contributed by atoms with Crippen LogP contribution in [0.1, 0.15) is 18.4 Å². The Hall–Kier alpha value is -1.02. The maximum atomic E-state index is 6.01. The molecule has 1 aliphatic heterocycles.